The van der Waals surface area contributed by atoms with Crippen molar-refractivity contribution in [3.05, 3.63) is 65.7 Å². The zero-order valence-electron chi connectivity index (χ0n) is 13.1. The Morgan fingerprint density at radius 2 is 1.78 bits per heavy atom. The van der Waals surface area contributed by atoms with Crippen LogP contribution >= 0.6 is 8.03 Å². The second kappa shape index (κ2) is 9.81. The summed E-state index contributed by atoms with van der Waals surface area (Å²) >= 11 is 0. The Kier molecular flexibility index (Phi) is 8.45. The molecule has 0 fully saturated rings. The van der Waals surface area contributed by atoms with Gasteiger partial charge in [-0.05, 0) is 35.8 Å². The van der Waals surface area contributed by atoms with Crippen molar-refractivity contribution in [3.8, 4) is 0 Å². The summed E-state index contributed by atoms with van der Waals surface area (Å²) in [6.07, 6.45) is 0. The third kappa shape index (κ3) is 5.72. The van der Waals surface area contributed by atoms with Gasteiger partial charge in [-0.15, -0.1) is 0 Å². The first-order valence-corrected chi connectivity index (χ1v) is 8.14. The van der Waals surface area contributed by atoms with E-state index < -0.39 is 13.8 Å². The summed E-state index contributed by atoms with van der Waals surface area (Å²) in [5.74, 6) is -1.09. The molecule has 2 unspecified atom stereocenters. The number of carbonyl (C=O) groups excluding carboxylic acids is 1. The summed E-state index contributed by atoms with van der Waals surface area (Å²) in [6.45, 7) is 2.07. The Bertz CT molecular complexity index is 649. The van der Waals surface area contributed by atoms with Crippen LogP contribution in [0.25, 0.3) is 0 Å². The molecule has 2 aromatic rings. The molecule has 2 rings (SSSR count). The normalized spacial score (nSPS) is 11.8. The van der Waals surface area contributed by atoms with E-state index in [1.165, 1.54) is 0 Å². The van der Waals surface area contributed by atoms with Crippen LogP contribution in [0, 0.1) is 0 Å². The minimum atomic E-state index is -2.44. The molecule has 1 radical (unpaired) electrons. The topological polar surface area (TPSA) is 75.6 Å². The second-order valence-corrected chi connectivity index (χ2v) is 5.68. The van der Waals surface area contributed by atoms with E-state index >= 15 is 0 Å². The summed E-state index contributed by atoms with van der Waals surface area (Å²) in [7, 11) is -2.44. The average Bonchev–Trinajstić information content (AvgIpc) is 2.54. The number of rotatable bonds is 6. The van der Waals surface area contributed by atoms with E-state index in [1.54, 1.807) is 43.3 Å². The Morgan fingerprint density at radius 1 is 1.17 bits per heavy atom. The van der Waals surface area contributed by atoms with E-state index in [4.69, 9.17) is 4.74 Å². The molecule has 23 heavy (non-hydrogen) atoms. The van der Waals surface area contributed by atoms with E-state index in [1.807, 2.05) is 18.2 Å². The number of nitrogens with one attached hydrogen (secondary N) is 1. The molecule has 0 saturated carbocycles. The molecule has 2 N–H and O–H groups in total. The van der Waals surface area contributed by atoms with Crippen LogP contribution in [0.3, 0.4) is 0 Å². The van der Waals surface area contributed by atoms with Gasteiger partial charge in [-0.3, -0.25) is 0 Å². The molecule has 115 valence electrons. The van der Waals surface area contributed by atoms with Crippen LogP contribution in [0.2, 0.25) is 0 Å². The van der Waals surface area contributed by atoms with Crippen LogP contribution in [0.4, 0.5) is 5.69 Å². The Labute approximate surface area is 158 Å². The molecule has 0 heterocycles. The minimum Gasteiger partial charge on any atom is -0.462 e. The number of esters is 1. The number of hydrogen-bond acceptors (Lipinski definition) is 4. The monoisotopic (exact) mass is 341 g/mol. The van der Waals surface area contributed by atoms with Crippen molar-refractivity contribution < 1.29 is 19.0 Å². The molecule has 5 nitrogen and oxygen atoms in total. The fourth-order valence-electron chi connectivity index (χ4n) is 1.98. The maximum absolute atomic E-state index is 11.6. The summed E-state index contributed by atoms with van der Waals surface area (Å²) < 4.78 is 16.5. The number of carbonyl (C=O) groups is 1. The predicted molar refractivity (Wildman–Crippen MR) is 90.8 cm³/mol. The zero-order chi connectivity index (χ0) is 15.9. The molecule has 2 aromatic carbocycles. The molecule has 0 spiro atoms. The van der Waals surface area contributed by atoms with Gasteiger partial charge in [0, 0.05) is 40.8 Å². The van der Waals surface area contributed by atoms with Gasteiger partial charge >= 0.3 is 14.0 Å². The van der Waals surface area contributed by atoms with E-state index in [0.29, 0.717) is 17.9 Å². The van der Waals surface area contributed by atoms with Gasteiger partial charge in [0.2, 0.25) is 0 Å². The molecule has 0 aromatic heterocycles. The molecule has 2 atom stereocenters. The smallest absolute Gasteiger partial charge is 0.462 e. The third-order valence-corrected chi connectivity index (χ3v) is 3.90. The van der Waals surface area contributed by atoms with Gasteiger partial charge in [-0.2, -0.15) is 4.89 Å². The van der Waals surface area contributed by atoms with Gasteiger partial charge in [-0.1, -0.05) is 30.3 Å². The zero-order valence-corrected chi connectivity index (χ0v) is 16.0. The first-order valence-electron chi connectivity index (χ1n) is 6.85. The molecular formula is C16H17NNaO4P+. The van der Waals surface area contributed by atoms with Crippen molar-refractivity contribution in [2.45, 2.75) is 12.7 Å². The van der Waals surface area contributed by atoms with Crippen molar-refractivity contribution in [1.29, 1.82) is 0 Å². The molecule has 0 aliphatic carbocycles. The standard InChI is InChI=1S/C16H16NO4P.Na/c1-2-21-16(18)13-8-10-14(11-9-13)17-15(22(19)20)12-6-4-3-5-7-12;/h3-11,15H,2H2,1H3,(H-,17,18,19,20);/p+1. The van der Waals surface area contributed by atoms with Crippen LogP contribution in [0.1, 0.15) is 28.6 Å². The summed E-state index contributed by atoms with van der Waals surface area (Å²) in [4.78, 5) is 21.1. The molecule has 0 saturated heterocycles. The van der Waals surface area contributed by atoms with E-state index in [2.05, 4.69) is 5.32 Å². The first-order chi connectivity index (χ1) is 10.6. The molecule has 0 aliphatic heterocycles. The fraction of sp³-hybridized carbons (Fsp3) is 0.188. The largest absolute Gasteiger partial charge is 0.535 e. The van der Waals surface area contributed by atoms with E-state index in [-0.39, 0.29) is 35.5 Å². The van der Waals surface area contributed by atoms with Crippen LogP contribution in [0.5, 0.6) is 0 Å². The van der Waals surface area contributed by atoms with Gasteiger partial charge in [-0.25, -0.2) is 4.79 Å². The Morgan fingerprint density at radius 3 is 2.30 bits per heavy atom. The molecule has 0 aliphatic rings. The van der Waals surface area contributed by atoms with Crippen molar-refractivity contribution in [2.24, 2.45) is 0 Å². The third-order valence-electron chi connectivity index (χ3n) is 3.04. The second-order valence-electron chi connectivity index (χ2n) is 4.56. The number of benzene rings is 2. The Hall–Kier alpha value is -1.23. The SMILES string of the molecule is CCOC(=O)c1ccc(NC(c2ccccc2)[P+](=O)O)cc1.[Na]. The molecule has 0 bridgehead atoms. The van der Waals surface area contributed by atoms with Crippen LogP contribution in [0.15, 0.2) is 54.6 Å². The average molecular weight is 341 g/mol. The summed E-state index contributed by atoms with van der Waals surface area (Å²) in [6, 6.07) is 15.6. The number of hydrogen-bond donors (Lipinski definition) is 2. The number of ether oxygens (including phenoxy) is 1. The van der Waals surface area contributed by atoms with Crippen molar-refractivity contribution >= 4 is 49.2 Å². The van der Waals surface area contributed by atoms with E-state index in [0.717, 1.165) is 5.56 Å². The van der Waals surface area contributed by atoms with Crippen LogP contribution < -0.4 is 5.32 Å². The van der Waals surface area contributed by atoms with Gasteiger partial charge in [0.25, 0.3) is 5.78 Å². The molecular weight excluding hydrogens is 324 g/mol. The summed E-state index contributed by atoms with van der Waals surface area (Å²) in [5.41, 5.74) is 1.82. The number of anilines is 1. The van der Waals surface area contributed by atoms with Gasteiger partial charge in [0.1, 0.15) is 0 Å². The van der Waals surface area contributed by atoms with Gasteiger partial charge in [0.15, 0.2) is 0 Å². The molecule has 7 heteroatoms. The quantitative estimate of drug-likeness (QED) is 0.479. The van der Waals surface area contributed by atoms with Gasteiger partial charge in [0.05, 0.1) is 12.2 Å². The summed E-state index contributed by atoms with van der Waals surface area (Å²) in [5, 5.41) is 3.01. The predicted octanol–water partition coefficient (Wildman–Crippen LogP) is 3.33. The van der Waals surface area contributed by atoms with Crippen LogP contribution in [-0.2, 0) is 9.30 Å². The van der Waals surface area contributed by atoms with Crippen LogP contribution in [-0.4, -0.2) is 47.0 Å². The van der Waals surface area contributed by atoms with Crippen molar-refractivity contribution in [2.75, 3.05) is 11.9 Å². The van der Waals surface area contributed by atoms with E-state index in [9.17, 15) is 14.3 Å². The van der Waals surface area contributed by atoms with Crippen molar-refractivity contribution in [1.82, 2.24) is 0 Å². The molecule has 0 amide bonds. The van der Waals surface area contributed by atoms with Crippen molar-refractivity contribution in [3.63, 3.8) is 0 Å². The first kappa shape index (κ1) is 19.8. The maximum atomic E-state index is 11.6. The fourth-order valence-corrected chi connectivity index (χ4v) is 2.66. The minimum absolute atomic E-state index is 0. The van der Waals surface area contributed by atoms with Gasteiger partial charge < -0.3 is 10.1 Å². The Balaban J connectivity index is 0.00000264. The maximum Gasteiger partial charge on any atom is 0.535 e.